The number of halogens is 1. The fourth-order valence-corrected chi connectivity index (χ4v) is 2.57. The molecule has 0 saturated heterocycles. The van der Waals surface area contributed by atoms with Crippen molar-refractivity contribution in [2.75, 3.05) is 13.2 Å². The molecule has 0 atom stereocenters. The topological polar surface area (TPSA) is 43.7 Å². The molecule has 1 fully saturated rings. The molecule has 0 spiro atoms. The lowest BCUT2D eigenvalue weighted by Gasteiger charge is -2.22. The lowest BCUT2D eigenvalue weighted by atomic mass is 10.1. The van der Waals surface area contributed by atoms with Gasteiger partial charge < -0.3 is 10.2 Å². The molecule has 2 rings (SSSR count). The van der Waals surface area contributed by atoms with Crippen LogP contribution >= 0.6 is 15.9 Å². The number of benzene rings is 1. The summed E-state index contributed by atoms with van der Waals surface area (Å²) in [4.78, 5) is 2.41. The third-order valence-electron chi connectivity index (χ3n) is 3.33. The maximum atomic E-state index is 9.87. The summed E-state index contributed by atoms with van der Waals surface area (Å²) < 4.78 is 1.00. The highest BCUT2D eigenvalue weighted by Gasteiger charge is 2.28. The minimum absolute atomic E-state index is 0.265. The second-order valence-electron chi connectivity index (χ2n) is 4.91. The maximum absolute atomic E-state index is 9.87. The van der Waals surface area contributed by atoms with E-state index in [0.29, 0.717) is 11.8 Å². The number of phenols is 1. The lowest BCUT2D eigenvalue weighted by molar-refractivity contribution is 0.227. The van der Waals surface area contributed by atoms with Gasteiger partial charge in [-0.25, -0.2) is 0 Å². The molecule has 0 heterocycles. The summed E-state index contributed by atoms with van der Waals surface area (Å²) in [6, 6.07) is 6.24. The van der Waals surface area contributed by atoms with E-state index in [1.165, 1.54) is 12.8 Å². The molecule has 100 valence electrons. The van der Waals surface area contributed by atoms with E-state index >= 15 is 0 Å². The number of aliphatic hydroxyl groups excluding tert-OH is 1. The second-order valence-corrected chi connectivity index (χ2v) is 5.82. The molecule has 2 N–H and O–H groups in total. The third-order valence-corrected chi connectivity index (χ3v) is 3.82. The fourth-order valence-electron chi connectivity index (χ4n) is 2.16. The Labute approximate surface area is 117 Å². The number of aliphatic hydroxyl groups is 1. The van der Waals surface area contributed by atoms with E-state index in [9.17, 15) is 5.11 Å². The Hall–Kier alpha value is -0.580. The average molecular weight is 314 g/mol. The zero-order chi connectivity index (χ0) is 13.0. The summed E-state index contributed by atoms with van der Waals surface area (Å²) in [5.41, 5.74) is 0.972. The Morgan fingerprint density at radius 2 is 2.06 bits per heavy atom. The van der Waals surface area contributed by atoms with Gasteiger partial charge in [0.2, 0.25) is 0 Å². The van der Waals surface area contributed by atoms with Gasteiger partial charge in [0.1, 0.15) is 5.75 Å². The first kappa shape index (κ1) is 13.8. The van der Waals surface area contributed by atoms with Gasteiger partial charge in [0.05, 0.1) is 0 Å². The Bertz CT molecular complexity index is 393. The maximum Gasteiger partial charge on any atom is 0.120 e. The van der Waals surface area contributed by atoms with E-state index in [1.54, 1.807) is 6.07 Å². The van der Waals surface area contributed by atoms with Crippen LogP contribution in [0.4, 0.5) is 0 Å². The van der Waals surface area contributed by atoms with Gasteiger partial charge in [0, 0.05) is 29.2 Å². The van der Waals surface area contributed by atoms with Gasteiger partial charge in [0.15, 0.2) is 0 Å². The minimum Gasteiger partial charge on any atom is -0.508 e. The molecule has 18 heavy (non-hydrogen) atoms. The molecule has 0 aliphatic heterocycles. The average Bonchev–Trinajstić information content (AvgIpc) is 3.17. The molecule has 0 aromatic heterocycles. The molecule has 1 aromatic rings. The first-order valence-corrected chi connectivity index (χ1v) is 7.32. The zero-order valence-electron chi connectivity index (χ0n) is 10.5. The highest BCUT2D eigenvalue weighted by Crippen LogP contribution is 2.31. The fraction of sp³-hybridized carbons (Fsp3) is 0.571. The zero-order valence-corrected chi connectivity index (χ0v) is 12.1. The van der Waals surface area contributed by atoms with Crippen LogP contribution < -0.4 is 0 Å². The first-order chi connectivity index (χ1) is 8.70. The molecule has 3 nitrogen and oxygen atoms in total. The van der Waals surface area contributed by atoms with Crippen LogP contribution in [-0.2, 0) is 6.54 Å². The Balaban J connectivity index is 1.97. The standard InChI is InChI=1S/C14H20BrNO2/c15-12-3-6-14(18)11(9-12)10-16(13-4-5-13)7-1-2-8-17/h3,6,9,13,17-18H,1-2,4-5,7-8,10H2. The van der Waals surface area contributed by atoms with Gasteiger partial charge in [-0.2, -0.15) is 0 Å². The molecule has 0 unspecified atom stereocenters. The Morgan fingerprint density at radius 3 is 2.72 bits per heavy atom. The molecule has 0 bridgehead atoms. The monoisotopic (exact) mass is 313 g/mol. The number of nitrogens with zero attached hydrogens (tertiary/aromatic N) is 1. The van der Waals surface area contributed by atoms with Crippen LogP contribution in [0.3, 0.4) is 0 Å². The third kappa shape index (κ3) is 3.97. The molecule has 0 radical (unpaired) electrons. The van der Waals surface area contributed by atoms with Crippen LogP contribution in [-0.4, -0.2) is 34.3 Å². The van der Waals surface area contributed by atoms with Crippen LogP contribution in [0.5, 0.6) is 5.75 Å². The Morgan fingerprint density at radius 1 is 1.28 bits per heavy atom. The molecule has 1 saturated carbocycles. The van der Waals surface area contributed by atoms with E-state index in [1.807, 2.05) is 12.1 Å². The molecule has 1 aromatic carbocycles. The van der Waals surface area contributed by atoms with Gasteiger partial charge in [-0.05, 0) is 50.4 Å². The van der Waals surface area contributed by atoms with Gasteiger partial charge in [-0.1, -0.05) is 15.9 Å². The minimum atomic E-state index is 0.265. The largest absolute Gasteiger partial charge is 0.508 e. The van der Waals surface area contributed by atoms with Crippen LogP contribution in [0, 0.1) is 0 Å². The number of hydrogen-bond acceptors (Lipinski definition) is 3. The number of phenolic OH excluding ortho intramolecular Hbond substituents is 1. The van der Waals surface area contributed by atoms with E-state index in [-0.39, 0.29) is 6.61 Å². The summed E-state index contributed by atoms with van der Waals surface area (Å²) >= 11 is 3.44. The van der Waals surface area contributed by atoms with Crippen molar-refractivity contribution in [1.29, 1.82) is 0 Å². The number of rotatable bonds is 7. The van der Waals surface area contributed by atoms with Crippen molar-refractivity contribution in [3.63, 3.8) is 0 Å². The van der Waals surface area contributed by atoms with Gasteiger partial charge >= 0.3 is 0 Å². The normalized spacial score (nSPS) is 15.3. The molecule has 0 amide bonds. The predicted molar refractivity (Wildman–Crippen MR) is 75.6 cm³/mol. The summed E-state index contributed by atoms with van der Waals surface area (Å²) in [6.07, 6.45) is 4.39. The van der Waals surface area contributed by atoms with Crippen LogP contribution in [0.15, 0.2) is 22.7 Å². The van der Waals surface area contributed by atoms with E-state index in [4.69, 9.17) is 5.11 Å². The van der Waals surface area contributed by atoms with Crippen LogP contribution in [0.25, 0.3) is 0 Å². The van der Waals surface area contributed by atoms with Gasteiger partial charge in [-0.3, -0.25) is 4.90 Å². The first-order valence-electron chi connectivity index (χ1n) is 6.53. The smallest absolute Gasteiger partial charge is 0.120 e. The predicted octanol–water partition coefficient (Wildman–Crippen LogP) is 2.89. The number of unbranched alkanes of at least 4 members (excludes halogenated alkanes) is 1. The van der Waals surface area contributed by atoms with E-state index in [2.05, 4.69) is 20.8 Å². The van der Waals surface area contributed by atoms with E-state index < -0.39 is 0 Å². The van der Waals surface area contributed by atoms with Crippen LogP contribution in [0.1, 0.15) is 31.2 Å². The summed E-state index contributed by atoms with van der Waals surface area (Å²) in [7, 11) is 0. The van der Waals surface area contributed by atoms with Gasteiger partial charge in [-0.15, -0.1) is 0 Å². The summed E-state index contributed by atoms with van der Waals surface area (Å²) in [6.45, 7) is 2.05. The molecule has 1 aliphatic carbocycles. The van der Waals surface area contributed by atoms with Crippen molar-refractivity contribution in [1.82, 2.24) is 4.90 Å². The Kier molecular flexibility index (Phi) is 5.03. The number of hydrogen-bond donors (Lipinski definition) is 2. The van der Waals surface area contributed by atoms with Gasteiger partial charge in [0.25, 0.3) is 0 Å². The molecular weight excluding hydrogens is 294 g/mol. The summed E-state index contributed by atoms with van der Waals surface area (Å²) in [5, 5.41) is 18.7. The van der Waals surface area contributed by atoms with Crippen molar-refractivity contribution in [2.24, 2.45) is 0 Å². The van der Waals surface area contributed by atoms with Crippen LogP contribution in [0.2, 0.25) is 0 Å². The summed E-state index contributed by atoms with van der Waals surface area (Å²) in [5.74, 6) is 0.367. The van der Waals surface area contributed by atoms with Crippen molar-refractivity contribution >= 4 is 15.9 Å². The van der Waals surface area contributed by atoms with Crippen molar-refractivity contribution < 1.29 is 10.2 Å². The highest BCUT2D eigenvalue weighted by molar-refractivity contribution is 9.10. The number of aromatic hydroxyl groups is 1. The lowest BCUT2D eigenvalue weighted by Crippen LogP contribution is -2.26. The molecule has 1 aliphatic rings. The van der Waals surface area contributed by atoms with Crippen molar-refractivity contribution in [3.8, 4) is 5.75 Å². The highest BCUT2D eigenvalue weighted by atomic mass is 79.9. The quantitative estimate of drug-likeness (QED) is 0.761. The molecule has 4 heteroatoms. The molecular formula is C14H20BrNO2. The second kappa shape index (κ2) is 6.55. The van der Waals surface area contributed by atoms with Crippen molar-refractivity contribution in [2.45, 2.75) is 38.3 Å². The van der Waals surface area contributed by atoms with E-state index in [0.717, 1.165) is 36.0 Å². The van der Waals surface area contributed by atoms with Crippen molar-refractivity contribution in [3.05, 3.63) is 28.2 Å². The SMILES string of the molecule is OCCCCN(Cc1cc(Br)ccc1O)C1CC1.